The highest BCUT2D eigenvalue weighted by Gasteiger charge is 2.23. The molecule has 2 aromatic rings. The van der Waals surface area contributed by atoms with E-state index in [0.29, 0.717) is 0 Å². The maximum Gasteiger partial charge on any atom is 0.246 e. The van der Waals surface area contributed by atoms with E-state index in [-0.39, 0.29) is 5.56 Å². The summed E-state index contributed by atoms with van der Waals surface area (Å²) in [7, 11) is -4.46. The van der Waals surface area contributed by atoms with Crippen molar-refractivity contribution in [2.24, 2.45) is 0 Å². The van der Waals surface area contributed by atoms with E-state index in [1.807, 2.05) is 4.72 Å². The second-order valence-corrected chi connectivity index (χ2v) is 5.83. The zero-order valence-corrected chi connectivity index (χ0v) is 11.2. The highest BCUT2D eigenvalue weighted by Crippen LogP contribution is 2.18. The van der Waals surface area contributed by atoms with Crippen LogP contribution in [-0.2, 0) is 16.6 Å². The maximum absolute atomic E-state index is 13.4. The predicted octanol–water partition coefficient (Wildman–Crippen LogP) is 2.72. The van der Waals surface area contributed by atoms with Gasteiger partial charge in [-0.2, -0.15) is 0 Å². The molecule has 0 unspecified atom stereocenters. The van der Waals surface area contributed by atoms with Crippen LogP contribution >= 0.6 is 0 Å². The third-order valence-corrected chi connectivity index (χ3v) is 4.09. The van der Waals surface area contributed by atoms with Crippen LogP contribution in [0.15, 0.2) is 41.3 Å². The summed E-state index contributed by atoms with van der Waals surface area (Å²) >= 11 is 0. The molecule has 0 aliphatic heterocycles. The van der Waals surface area contributed by atoms with Crippen molar-refractivity contribution in [2.45, 2.75) is 11.4 Å². The first kappa shape index (κ1) is 15.5. The molecule has 2 rings (SSSR count). The van der Waals surface area contributed by atoms with E-state index in [1.165, 1.54) is 0 Å². The van der Waals surface area contributed by atoms with Gasteiger partial charge in [-0.15, -0.1) is 0 Å². The second kappa shape index (κ2) is 5.82. The summed E-state index contributed by atoms with van der Waals surface area (Å²) in [6.07, 6.45) is 0. The monoisotopic (exact) mass is 319 g/mol. The van der Waals surface area contributed by atoms with E-state index in [0.717, 1.165) is 36.4 Å². The lowest BCUT2D eigenvalue weighted by Gasteiger charge is -2.08. The fourth-order valence-corrected chi connectivity index (χ4v) is 2.79. The van der Waals surface area contributed by atoms with Crippen molar-refractivity contribution in [3.8, 4) is 0 Å². The Bertz CT molecular complexity index is 757. The molecular weight excluding hydrogens is 310 g/mol. The number of nitrogens with one attached hydrogen (secondary N) is 1. The molecule has 0 aromatic heterocycles. The molecule has 0 radical (unpaired) electrons. The molecule has 112 valence electrons. The van der Waals surface area contributed by atoms with Gasteiger partial charge in [-0.1, -0.05) is 12.1 Å². The number of halogens is 4. The largest absolute Gasteiger partial charge is 0.246 e. The molecule has 0 aliphatic rings. The summed E-state index contributed by atoms with van der Waals surface area (Å²) in [5.74, 6) is -4.72. The average molecular weight is 319 g/mol. The normalized spacial score (nSPS) is 11.6. The van der Waals surface area contributed by atoms with Gasteiger partial charge in [0.15, 0.2) is 16.5 Å². The van der Waals surface area contributed by atoms with Gasteiger partial charge in [-0.3, -0.25) is 0 Å². The van der Waals surface area contributed by atoms with Crippen LogP contribution in [0.25, 0.3) is 0 Å². The lowest BCUT2D eigenvalue weighted by Crippen LogP contribution is -2.25. The minimum atomic E-state index is -4.46. The van der Waals surface area contributed by atoms with Gasteiger partial charge in [0, 0.05) is 6.54 Å². The highest BCUT2D eigenvalue weighted by molar-refractivity contribution is 7.89. The fraction of sp³-hybridized carbons (Fsp3) is 0.0769. The van der Waals surface area contributed by atoms with Crippen LogP contribution in [0, 0.1) is 23.3 Å². The standard InChI is InChI=1S/C13H9F4NO2S/c14-9-5-4-8(6-12(9)17)7-18-21(19,20)13-10(15)2-1-3-11(13)16/h1-6,18H,7H2. The number of hydrogen-bond acceptors (Lipinski definition) is 2. The van der Waals surface area contributed by atoms with Crippen LogP contribution < -0.4 is 4.72 Å². The first-order valence-corrected chi connectivity index (χ1v) is 7.17. The third-order valence-electron chi connectivity index (χ3n) is 2.64. The fourth-order valence-electron chi connectivity index (χ4n) is 1.64. The highest BCUT2D eigenvalue weighted by atomic mass is 32.2. The Morgan fingerprint density at radius 1 is 0.857 bits per heavy atom. The molecular formula is C13H9F4NO2S. The van der Waals surface area contributed by atoms with E-state index < -0.39 is 44.7 Å². The predicted molar refractivity (Wildman–Crippen MR) is 66.7 cm³/mol. The molecule has 0 bridgehead atoms. The minimum absolute atomic E-state index is 0.106. The number of rotatable bonds is 4. The van der Waals surface area contributed by atoms with Crippen molar-refractivity contribution in [1.29, 1.82) is 0 Å². The van der Waals surface area contributed by atoms with E-state index in [1.54, 1.807) is 0 Å². The Morgan fingerprint density at radius 3 is 2.05 bits per heavy atom. The molecule has 0 spiro atoms. The summed E-state index contributed by atoms with van der Waals surface area (Å²) in [5.41, 5.74) is 0.106. The second-order valence-electron chi connectivity index (χ2n) is 4.12. The van der Waals surface area contributed by atoms with Crippen molar-refractivity contribution in [2.75, 3.05) is 0 Å². The van der Waals surface area contributed by atoms with Gasteiger partial charge in [-0.05, 0) is 29.8 Å². The number of benzene rings is 2. The number of hydrogen-bond donors (Lipinski definition) is 1. The van der Waals surface area contributed by atoms with Gasteiger partial charge in [0.1, 0.15) is 11.6 Å². The van der Waals surface area contributed by atoms with E-state index >= 15 is 0 Å². The Morgan fingerprint density at radius 2 is 1.48 bits per heavy atom. The zero-order chi connectivity index (χ0) is 15.6. The number of sulfonamides is 1. The smallest absolute Gasteiger partial charge is 0.207 e. The van der Waals surface area contributed by atoms with E-state index in [4.69, 9.17) is 0 Å². The molecule has 0 fully saturated rings. The average Bonchev–Trinajstić information content (AvgIpc) is 2.40. The van der Waals surface area contributed by atoms with Crippen LogP contribution in [0.2, 0.25) is 0 Å². The van der Waals surface area contributed by atoms with Crippen LogP contribution in [0.3, 0.4) is 0 Å². The Labute approximate surface area is 118 Å². The van der Waals surface area contributed by atoms with Gasteiger partial charge in [0.25, 0.3) is 0 Å². The molecule has 0 aliphatic carbocycles. The molecule has 0 amide bonds. The molecule has 21 heavy (non-hydrogen) atoms. The first-order chi connectivity index (χ1) is 9.81. The van der Waals surface area contributed by atoms with E-state index in [2.05, 4.69) is 0 Å². The van der Waals surface area contributed by atoms with Crippen LogP contribution in [0.5, 0.6) is 0 Å². The topological polar surface area (TPSA) is 46.2 Å². The minimum Gasteiger partial charge on any atom is -0.207 e. The first-order valence-electron chi connectivity index (χ1n) is 5.69. The van der Waals surface area contributed by atoms with Gasteiger partial charge in [0.2, 0.25) is 10.0 Å². The molecule has 0 atom stereocenters. The molecule has 0 saturated carbocycles. The van der Waals surface area contributed by atoms with Crippen molar-refractivity contribution in [1.82, 2.24) is 4.72 Å². The quantitative estimate of drug-likeness (QED) is 0.881. The molecule has 8 heteroatoms. The molecule has 2 aromatic carbocycles. The summed E-state index contributed by atoms with van der Waals surface area (Å²) in [4.78, 5) is -1.12. The lowest BCUT2D eigenvalue weighted by atomic mass is 10.2. The summed E-state index contributed by atoms with van der Waals surface area (Å²) in [6, 6.07) is 5.39. The Balaban J connectivity index is 2.24. The molecule has 0 saturated heterocycles. The third kappa shape index (κ3) is 3.40. The van der Waals surface area contributed by atoms with Gasteiger partial charge < -0.3 is 0 Å². The van der Waals surface area contributed by atoms with Gasteiger partial charge in [-0.25, -0.2) is 30.7 Å². The van der Waals surface area contributed by atoms with Gasteiger partial charge >= 0.3 is 0 Å². The molecule has 0 heterocycles. The lowest BCUT2D eigenvalue weighted by molar-refractivity contribution is 0.505. The van der Waals surface area contributed by atoms with Crippen LogP contribution in [-0.4, -0.2) is 8.42 Å². The maximum atomic E-state index is 13.4. The summed E-state index contributed by atoms with van der Waals surface area (Å²) in [6.45, 7) is -0.437. The zero-order valence-electron chi connectivity index (χ0n) is 10.4. The summed E-state index contributed by atoms with van der Waals surface area (Å²) < 4.78 is 78.2. The molecule has 1 N–H and O–H groups in total. The Kier molecular flexibility index (Phi) is 4.29. The van der Waals surface area contributed by atoms with Crippen molar-refractivity contribution < 1.29 is 26.0 Å². The van der Waals surface area contributed by atoms with E-state index in [9.17, 15) is 26.0 Å². The SMILES string of the molecule is O=S(=O)(NCc1ccc(F)c(F)c1)c1c(F)cccc1F. The van der Waals surface area contributed by atoms with Gasteiger partial charge in [0.05, 0.1) is 0 Å². The summed E-state index contributed by atoms with van der Waals surface area (Å²) in [5, 5.41) is 0. The van der Waals surface area contributed by atoms with Crippen molar-refractivity contribution >= 4 is 10.0 Å². The van der Waals surface area contributed by atoms with Crippen LogP contribution in [0.1, 0.15) is 5.56 Å². The Hall–Kier alpha value is -1.93. The van der Waals surface area contributed by atoms with Crippen molar-refractivity contribution in [3.05, 3.63) is 65.2 Å². The molecule has 3 nitrogen and oxygen atoms in total. The van der Waals surface area contributed by atoms with Crippen LogP contribution in [0.4, 0.5) is 17.6 Å². The van der Waals surface area contributed by atoms with Crippen molar-refractivity contribution in [3.63, 3.8) is 0 Å².